The molecule has 2 aromatic carbocycles. The molecule has 40 heavy (non-hydrogen) atoms. The lowest BCUT2D eigenvalue weighted by molar-refractivity contribution is -0.137. The van der Waals surface area contributed by atoms with Gasteiger partial charge in [0.05, 0.1) is 5.56 Å². The van der Waals surface area contributed by atoms with Crippen molar-refractivity contribution in [2.45, 2.75) is 56.3 Å². The molecule has 4 heterocycles. The van der Waals surface area contributed by atoms with Crippen LogP contribution in [0.2, 0.25) is 0 Å². The van der Waals surface area contributed by atoms with Gasteiger partial charge in [-0.1, -0.05) is 36.4 Å². The van der Waals surface area contributed by atoms with E-state index in [1.807, 2.05) is 39.8 Å². The first-order valence-corrected chi connectivity index (χ1v) is 13.4. The van der Waals surface area contributed by atoms with E-state index in [-0.39, 0.29) is 11.8 Å². The Morgan fingerprint density at radius 2 is 1.77 bits per heavy atom. The molecule has 10 heteroatoms. The molecule has 0 spiro atoms. The zero-order valence-corrected chi connectivity index (χ0v) is 22.3. The maximum Gasteiger partial charge on any atom is 0.416 e. The third-order valence-corrected chi connectivity index (χ3v) is 8.55. The fourth-order valence-electron chi connectivity index (χ4n) is 6.19. The summed E-state index contributed by atoms with van der Waals surface area (Å²) >= 11 is 0. The van der Waals surface area contributed by atoms with E-state index in [9.17, 15) is 18.0 Å². The van der Waals surface area contributed by atoms with Crippen molar-refractivity contribution in [1.82, 2.24) is 19.3 Å². The van der Waals surface area contributed by atoms with Crippen molar-refractivity contribution >= 4 is 17.2 Å². The topological polar surface area (TPSA) is 85.8 Å². The highest BCUT2D eigenvalue weighted by Crippen LogP contribution is 2.40. The zero-order chi connectivity index (χ0) is 28.2. The van der Waals surface area contributed by atoms with Crippen LogP contribution >= 0.6 is 0 Å². The predicted molar refractivity (Wildman–Crippen MR) is 144 cm³/mol. The summed E-state index contributed by atoms with van der Waals surface area (Å²) in [7, 11) is 1.48. The van der Waals surface area contributed by atoms with Gasteiger partial charge >= 0.3 is 6.18 Å². The average Bonchev–Trinajstić information content (AvgIpc) is 3.53. The lowest BCUT2D eigenvalue weighted by atomic mass is 9.86. The van der Waals surface area contributed by atoms with E-state index in [1.54, 1.807) is 19.2 Å². The molecule has 0 bridgehead atoms. The lowest BCUT2D eigenvalue weighted by Gasteiger charge is -2.34. The molecule has 6 rings (SSSR count). The summed E-state index contributed by atoms with van der Waals surface area (Å²) in [5.74, 6) is 1.46. The van der Waals surface area contributed by atoms with E-state index in [0.717, 1.165) is 42.8 Å². The van der Waals surface area contributed by atoms with Crippen molar-refractivity contribution in [1.29, 1.82) is 0 Å². The Hall–Kier alpha value is -3.92. The van der Waals surface area contributed by atoms with E-state index in [2.05, 4.69) is 4.98 Å². The van der Waals surface area contributed by atoms with Crippen molar-refractivity contribution in [3.8, 4) is 11.3 Å². The van der Waals surface area contributed by atoms with Crippen LogP contribution in [0, 0.1) is 0 Å². The molecule has 2 N–H and O–H groups in total. The van der Waals surface area contributed by atoms with Gasteiger partial charge in [0.15, 0.2) is 0 Å². The highest BCUT2D eigenvalue weighted by molar-refractivity contribution is 5.85. The van der Waals surface area contributed by atoms with E-state index in [0.29, 0.717) is 47.2 Å². The predicted octanol–water partition coefficient (Wildman–Crippen LogP) is 5.78. The molecule has 7 nitrogen and oxygen atoms in total. The van der Waals surface area contributed by atoms with Gasteiger partial charge in [-0.25, -0.2) is 9.97 Å². The summed E-state index contributed by atoms with van der Waals surface area (Å²) < 4.78 is 48.0. The fourth-order valence-corrected chi connectivity index (χ4v) is 6.19. The molecule has 2 fully saturated rings. The number of alkyl halides is 3. The number of rotatable bonds is 5. The Labute approximate surface area is 229 Å². The molecule has 0 saturated carbocycles. The number of nitrogens with zero attached hydrogens (tertiary/aromatic N) is 4. The summed E-state index contributed by atoms with van der Waals surface area (Å²) in [5, 5.41) is 0. The summed E-state index contributed by atoms with van der Waals surface area (Å²) in [4.78, 5) is 23.8. The standard InChI is InChI=1S/C30H30F3N5O2/c1-29(40-2,21-4-3-5-22(16-21)30(31,32)33)20-9-6-18(7-10-20)25-26-27(34)35-14-15-37(26)28(36-25)19-8-11-23-12-13-24(39)38(23)17-19/h3-7,9-10,14-16,19,23H,8,11-13,17H2,1-2H3,(H2,34,35)/t19-,23+,29?/m1/s1. The van der Waals surface area contributed by atoms with Crippen LogP contribution in [0.25, 0.3) is 16.8 Å². The third-order valence-electron chi connectivity index (χ3n) is 8.55. The minimum atomic E-state index is -4.45. The number of amides is 1. The number of nitrogen functional groups attached to an aromatic ring is 1. The maximum absolute atomic E-state index is 13.4. The first-order valence-electron chi connectivity index (χ1n) is 13.4. The fraction of sp³-hybridized carbons (Fsp3) is 0.367. The molecule has 4 aromatic rings. The van der Waals surface area contributed by atoms with Crippen molar-refractivity contribution in [3.05, 3.63) is 83.4 Å². The number of carbonyl (C=O) groups is 1. The SMILES string of the molecule is COC(C)(c1ccc(-c2nc([C@@H]3CC[C@H]4CCC(=O)N4C3)n3ccnc(N)c23)cc1)c1cccc(C(F)(F)F)c1. The molecular formula is C30H30F3N5O2. The minimum absolute atomic E-state index is 0.0679. The number of fused-ring (bicyclic) bond motifs is 2. The number of benzene rings is 2. The Balaban J connectivity index is 1.37. The Bertz CT molecular complexity index is 1580. The molecule has 2 saturated heterocycles. The highest BCUT2D eigenvalue weighted by atomic mass is 19.4. The molecule has 0 aliphatic carbocycles. The van der Waals surface area contributed by atoms with Crippen LogP contribution in [0.1, 0.15) is 61.0 Å². The number of aromatic nitrogens is 3. The van der Waals surface area contributed by atoms with Crippen molar-refractivity contribution in [2.24, 2.45) is 0 Å². The molecular weight excluding hydrogens is 519 g/mol. The van der Waals surface area contributed by atoms with E-state index >= 15 is 0 Å². The lowest BCUT2D eigenvalue weighted by Crippen LogP contribution is -2.41. The van der Waals surface area contributed by atoms with Crippen LogP contribution in [-0.2, 0) is 21.3 Å². The van der Waals surface area contributed by atoms with Crippen molar-refractivity contribution in [3.63, 3.8) is 0 Å². The zero-order valence-electron chi connectivity index (χ0n) is 22.3. The number of halogens is 3. The van der Waals surface area contributed by atoms with Crippen LogP contribution < -0.4 is 5.73 Å². The van der Waals surface area contributed by atoms with E-state index < -0.39 is 17.3 Å². The van der Waals surface area contributed by atoms with Gasteiger partial charge in [0, 0.05) is 50.0 Å². The number of anilines is 1. The monoisotopic (exact) mass is 549 g/mol. The van der Waals surface area contributed by atoms with Gasteiger partial charge in [0.2, 0.25) is 5.91 Å². The van der Waals surface area contributed by atoms with Gasteiger partial charge in [-0.05, 0) is 49.4 Å². The average molecular weight is 550 g/mol. The van der Waals surface area contributed by atoms with Gasteiger partial charge in [-0.2, -0.15) is 13.2 Å². The number of hydrogen-bond acceptors (Lipinski definition) is 5. The molecule has 0 radical (unpaired) electrons. The van der Waals surface area contributed by atoms with Gasteiger partial charge in [-0.3, -0.25) is 9.20 Å². The second-order valence-corrected chi connectivity index (χ2v) is 10.8. The van der Waals surface area contributed by atoms with Gasteiger partial charge in [-0.15, -0.1) is 0 Å². The largest absolute Gasteiger partial charge is 0.416 e. The van der Waals surface area contributed by atoms with Crippen molar-refractivity contribution < 1.29 is 22.7 Å². The first-order chi connectivity index (χ1) is 19.1. The maximum atomic E-state index is 13.4. The Morgan fingerprint density at radius 1 is 1.02 bits per heavy atom. The summed E-state index contributed by atoms with van der Waals surface area (Å²) in [6.45, 7) is 2.38. The smallest absolute Gasteiger partial charge is 0.382 e. The highest BCUT2D eigenvalue weighted by Gasteiger charge is 2.39. The Morgan fingerprint density at radius 3 is 2.50 bits per heavy atom. The molecule has 2 aromatic heterocycles. The van der Waals surface area contributed by atoms with Crippen molar-refractivity contribution in [2.75, 3.05) is 19.4 Å². The number of hydrogen-bond donors (Lipinski definition) is 1. The molecule has 3 atom stereocenters. The number of carbonyl (C=O) groups excluding carboxylic acids is 1. The summed E-state index contributed by atoms with van der Waals surface area (Å²) in [6.07, 6.45) is 2.44. The first kappa shape index (κ1) is 26.3. The Kier molecular flexibility index (Phi) is 6.33. The number of imidazole rings is 1. The van der Waals surface area contributed by atoms with Crippen LogP contribution in [0.3, 0.4) is 0 Å². The molecule has 1 unspecified atom stereocenters. The minimum Gasteiger partial charge on any atom is -0.382 e. The molecule has 2 aliphatic heterocycles. The van der Waals surface area contributed by atoms with E-state index in [4.69, 9.17) is 15.5 Å². The second-order valence-electron chi connectivity index (χ2n) is 10.8. The third kappa shape index (κ3) is 4.30. The number of ether oxygens (including phenoxy) is 1. The second kappa shape index (κ2) is 9.62. The number of nitrogens with two attached hydrogens (primary N) is 1. The van der Waals surface area contributed by atoms with E-state index in [1.165, 1.54) is 13.2 Å². The van der Waals surface area contributed by atoms with Crippen LogP contribution in [0.15, 0.2) is 60.9 Å². The number of piperidine rings is 1. The van der Waals surface area contributed by atoms with Gasteiger partial charge in [0.1, 0.15) is 28.5 Å². The van der Waals surface area contributed by atoms with Crippen LogP contribution in [0.4, 0.5) is 19.0 Å². The molecule has 208 valence electrons. The van der Waals surface area contributed by atoms with Crippen LogP contribution in [-0.4, -0.2) is 44.9 Å². The summed E-state index contributed by atoms with van der Waals surface area (Å²) in [5.41, 5.74) is 7.74. The normalized spacial score (nSPS) is 21.0. The molecule has 2 aliphatic rings. The number of methoxy groups -OCH3 is 1. The van der Waals surface area contributed by atoms with Gasteiger partial charge < -0.3 is 15.4 Å². The van der Waals surface area contributed by atoms with Crippen LogP contribution in [0.5, 0.6) is 0 Å². The molecule has 1 amide bonds. The quantitative estimate of drug-likeness (QED) is 0.341. The summed E-state index contributed by atoms with van der Waals surface area (Å²) in [6, 6.07) is 12.9. The van der Waals surface area contributed by atoms with Gasteiger partial charge in [0.25, 0.3) is 0 Å².